The number of nitrogens with zero attached hydrogens (tertiary/aromatic N) is 1. The quantitative estimate of drug-likeness (QED) is 0.725. The van der Waals surface area contributed by atoms with E-state index in [2.05, 4.69) is 15.5 Å². The second-order valence-corrected chi connectivity index (χ2v) is 6.64. The van der Waals surface area contributed by atoms with Gasteiger partial charge in [-0.05, 0) is 31.9 Å². The standard InChI is InChI=1S/C17H23N3O3/c1-17(15(22)18-16(23)19-17)13-8-5-9-20(10-13)11-14(21)12-6-3-2-4-7-12/h2-4,6-7,13-14,21H,5,8-11H2,1H3,(H2,18,19,22,23)/t13-,14+,17+/m0/s1. The first-order valence-corrected chi connectivity index (χ1v) is 8.08. The number of amides is 3. The van der Waals surface area contributed by atoms with Gasteiger partial charge in [0.05, 0.1) is 6.10 Å². The summed E-state index contributed by atoms with van der Waals surface area (Å²) in [6.45, 7) is 3.90. The van der Waals surface area contributed by atoms with Crippen LogP contribution in [-0.2, 0) is 4.79 Å². The van der Waals surface area contributed by atoms with Crippen LogP contribution in [-0.4, -0.2) is 47.1 Å². The molecule has 1 aromatic carbocycles. The minimum Gasteiger partial charge on any atom is -0.387 e. The smallest absolute Gasteiger partial charge is 0.322 e. The van der Waals surface area contributed by atoms with Crippen LogP contribution in [0, 0.1) is 5.92 Å². The van der Waals surface area contributed by atoms with Gasteiger partial charge in [-0.25, -0.2) is 4.79 Å². The predicted octanol–water partition coefficient (Wildman–Crippen LogP) is 1.03. The number of piperidine rings is 1. The molecule has 3 rings (SSSR count). The lowest BCUT2D eigenvalue weighted by atomic mass is 9.80. The molecule has 124 valence electrons. The van der Waals surface area contributed by atoms with Crippen molar-refractivity contribution in [3.05, 3.63) is 35.9 Å². The normalized spacial score (nSPS) is 29.9. The first-order valence-electron chi connectivity index (χ1n) is 8.08. The lowest BCUT2D eigenvalue weighted by molar-refractivity contribution is -0.126. The van der Waals surface area contributed by atoms with Crippen molar-refractivity contribution < 1.29 is 14.7 Å². The number of rotatable bonds is 4. The highest BCUT2D eigenvalue weighted by atomic mass is 16.3. The van der Waals surface area contributed by atoms with Gasteiger partial charge in [0.1, 0.15) is 5.54 Å². The zero-order valence-corrected chi connectivity index (χ0v) is 13.3. The third-order valence-corrected chi connectivity index (χ3v) is 5.01. The number of β-amino-alcohol motifs (C(OH)–C–C–N with tert-alkyl or cyclic N) is 1. The molecular formula is C17H23N3O3. The summed E-state index contributed by atoms with van der Waals surface area (Å²) < 4.78 is 0. The fraction of sp³-hybridized carbons (Fsp3) is 0.529. The average molecular weight is 317 g/mol. The van der Waals surface area contributed by atoms with E-state index in [-0.39, 0.29) is 11.8 Å². The molecule has 23 heavy (non-hydrogen) atoms. The molecular weight excluding hydrogens is 294 g/mol. The maximum atomic E-state index is 12.1. The fourth-order valence-corrected chi connectivity index (χ4v) is 3.56. The Morgan fingerprint density at radius 3 is 2.74 bits per heavy atom. The van der Waals surface area contributed by atoms with E-state index in [9.17, 15) is 14.7 Å². The van der Waals surface area contributed by atoms with E-state index in [1.807, 2.05) is 30.3 Å². The zero-order valence-electron chi connectivity index (χ0n) is 13.3. The Morgan fingerprint density at radius 2 is 2.09 bits per heavy atom. The molecule has 0 aromatic heterocycles. The number of carbonyl (C=O) groups excluding carboxylic acids is 2. The Bertz CT molecular complexity index is 592. The van der Waals surface area contributed by atoms with Crippen LogP contribution in [0.25, 0.3) is 0 Å². The predicted molar refractivity (Wildman–Crippen MR) is 85.6 cm³/mol. The van der Waals surface area contributed by atoms with Crippen molar-refractivity contribution in [2.24, 2.45) is 5.92 Å². The third kappa shape index (κ3) is 3.23. The van der Waals surface area contributed by atoms with Gasteiger partial charge in [0, 0.05) is 19.0 Å². The minimum absolute atomic E-state index is 0.0469. The lowest BCUT2D eigenvalue weighted by Crippen LogP contribution is -2.56. The number of aliphatic hydroxyl groups excluding tert-OH is 1. The Balaban J connectivity index is 1.65. The molecule has 2 aliphatic heterocycles. The molecule has 0 spiro atoms. The van der Waals surface area contributed by atoms with E-state index < -0.39 is 17.7 Å². The van der Waals surface area contributed by atoms with E-state index in [1.165, 1.54) is 0 Å². The summed E-state index contributed by atoms with van der Waals surface area (Å²) >= 11 is 0. The second-order valence-electron chi connectivity index (χ2n) is 6.64. The van der Waals surface area contributed by atoms with Gasteiger partial charge in [0.25, 0.3) is 5.91 Å². The van der Waals surface area contributed by atoms with Crippen LogP contribution in [0.2, 0.25) is 0 Å². The van der Waals surface area contributed by atoms with Crippen molar-refractivity contribution in [3.8, 4) is 0 Å². The molecule has 0 unspecified atom stereocenters. The fourth-order valence-electron chi connectivity index (χ4n) is 3.56. The van der Waals surface area contributed by atoms with Crippen LogP contribution < -0.4 is 10.6 Å². The van der Waals surface area contributed by atoms with Gasteiger partial charge in [0.15, 0.2) is 0 Å². The van der Waals surface area contributed by atoms with Crippen LogP contribution in [0.5, 0.6) is 0 Å². The highest BCUT2D eigenvalue weighted by molar-refractivity contribution is 6.06. The number of hydrogen-bond acceptors (Lipinski definition) is 4. The molecule has 6 heteroatoms. The molecule has 3 atom stereocenters. The van der Waals surface area contributed by atoms with E-state index in [0.29, 0.717) is 13.1 Å². The Kier molecular flexibility index (Phi) is 4.37. The Labute approximate surface area is 135 Å². The summed E-state index contributed by atoms with van der Waals surface area (Å²) in [5.74, 6) is -0.205. The van der Waals surface area contributed by atoms with Crippen LogP contribution in [0.3, 0.4) is 0 Å². The lowest BCUT2D eigenvalue weighted by Gasteiger charge is -2.40. The number of imide groups is 1. The van der Waals surface area contributed by atoms with Crippen LogP contribution >= 0.6 is 0 Å². The Morgan fingerprint density at radius 1 is 1.35 bits per heavy atom. The second kappa shape index (κ2) is 6.29. The molecule has 6 nitrogen and oxygen atoms in total. The highest BCUT2D eigenvalue weighted by Gasteiger charge is 2.48. The number of likely N-dealkylation sites (tertiary alicyclic amines) is 1. The van der Waals surface area contributed by atoms with Gasteiger partial charge >= 0.3 is 6.03 Å². The van der Waals surface area contributed by atoms with Crippen molar-refractivity contribution in [2.45, 2.75) is 31.4 Å². The van der Waals surface area contributed by atoms with E-state index >= 15 is 0 Å². The molecule has 2 fully saturated rings. The van der Waals surface area contributed by atoms with Gasteiger partial charge in [0.2, 0.25) is 0 Å². The monoisotopic (exact) mass is 317 g/mol. The topological polar surface area (TPSA) is 81.7 Å². The highest BCUT2D eigenvalue weighted by Crippen LogP contribution is 2.30. The van der Waals surface area contributed by atoms with Gasteiger partial charge in [-0.15, -0.1) is 0 Å². The molecule has 1 aromatic rings. The third-order valence-electron chi connectivity index (χ3n) is 5.01. The van der Waals surface area contributed by atoms with Crippen molar-refractivity contribution in [2.75, 3.05) is 19.6 Å². The Hall–Kier alpha value is -1.92. The van der Waals surface area contributed by atoms with E-state index in [1.54, 1.807) is 6.92 Å². The number of carbonyl (C=O) groups is 2. The largest absolute Gasteiger partial charge is 0.387 e. The number of aliphatic hydroxyl groups is 1. The molecule has 3 amide bonds. The van der Waals surface area contributed by atoms with Crippen molar-refractivity contribution in [1.29, 1.82) is 0 Å². The van der Waals surface area contributed by atoms with Crippen LogP contribution in [0.1, 0.15) is 31.4 Å². The molecule has 2 heterocycles. The summed E-state index contributed by atoms with van der Waals surface area (Å²) in [7, 11) is 0. The van der Waals surface area contributed by atoms with Gasteiger partial charge in [-0.3, -0.25) is 10.1 Å². The van der Waals surface area contributed by atoms with Gasteiger partial charge < -0.3 is 15.3 Å². The summed E-state index contributed by atoms with van der Waals surface area (Å²) in [4.78, 5) is 25.7. The maximum absolute atomic E-state index is 12.1. The maximum Gasteiger partial charge on any atom is 0.322 e. The van der Waals surface area contributed by atoms with Crippen LogP contribution in [0.4, 0.5) is 4.79 Å². The first-order chi connectivity index (χ1) is 11.0. The number of hydrogen-bond donors (Lipinski definition) is 3. The molecule has 3 N–H and O–H groups in total. The molecule has 0 radical (unpaired) electrons. The molecule has 0 aliphatic carbocycles. The van der Waals surface area contributed by atoms with Gasteiger partial charge in [-0.1, -0.05) is 30.3 Å². The molecule has 0 bridgehead atoms. The first kappa shape index (κ1) is 16.0. The molecule has 0 saturated carbocycles. The van der Waals surface area contributed by atoms with Crippen molar-refractivity contribution in [3.63, 3.8) is 0 Å². The number of nitrogens with one attached hydrogen (secondary N) is 2. The summed E-state index contributed by atoms with van der Waals surface area (Å²) in [6.07, 6.45) is 1.29. The SMILES string of the molecule is C[C@]1([C@H]2CCCN(C[C@@H](O)c3ccccc3)C2)NC(=O)NC1=O. The van der Waals surface area contributed by atoms with Crippen molar-refractivity contribution >= 4 is 11.9 Å². The summed E-state index contributed by atoms with van der Waals surface area (Å²) in [5, 5.41) is 15.5. The number of urea groups is 1. The van der Waals surface area contributed by atoms with E-state index in [0.717, 1.165) is 24.9 Å². The minimum atomic E-state index is -0.854. The van der Waals surface area contributed by atoms with E-state index in [4.69, 9.17) is 0 Å². The summed E-state index contributed by atoms with van der Waals surface area (Å²) in [6, 6.07) is 9.17. The average Bonchev–Trinajstić information content (AvgIpc) is 2.82. The number of benzene rings is 1. The van der Waals surface area contributed by atoms with Crippen molar-refractivity contribution in [1.82, 2.24) is 15.5 Å². The summed E-state index contributed by atoms with van der Waals surface area (Å²) in [5.41, 5.74) is 0.0423. The molecule has 2 aliphatic rings. The van der Waals surface area contributed by atoms with Gasteiger partial charge in [-0.2, -0.15) is 0 Å². The molecule has 2 saturated heterocycles. The van der Waals surface area contributed by atoms with Crippen LogP contribution in [0.15, 0.2) is 30.3 Å². The zero-order chi connectivity index (χ0) is 16.4.